The molecule has 0 fully saturated rings. The van der Waals surface area contributed by atoms with Crippen molar-refractivity contribution in [2.45, 2.75) is 30.8 Å². The molecule has 2 aromatic carbocycles. The topological polar surface area (TPSA) is 90.3 Å². The molecule has 1 atom stereocenters. The molecule has 0 aliphatic rings. The number of nitrogens with one attached hydrogen (secondary N) is 1. The number of hydrogen-bond acceptors (Lipinski definition) is 6. The van der Waals surface area contributed by atoms with Crippen molar-refractivity contribution in [2.75, 3.05) is 12.4 Å². The Morgan fingerprint density at radius 2 is 2.00 bits per heavy atom. The van der Waals surface area contributed by atoms with Gasteiger partial charge in [0.2, 0.25) is 5.91 Å². The predicted octanol–water partition coefficient (Wildman–Crippen LogP) is 3.65. The number of methoxy groups -OCH3 is 1. The molecule has 1 N–H and O–H groups in total. The summed E-state index contributed by atoms with van der Waals surface area (Å²) in [5.41, 5.74) is 1.60. The standard InChI is InChI=1S/C21H20ClN3O4S/c1-12-8-9-14(22)10-17(12)23-19(27)13(2)30-21-24-16-7-5-4-6-15(16)20(28)25(21)11-18(26)29-3/h4-10,13H,11H2,1-3H3,(H,23,27)/t13-/m0/s1. The average molecular weight is 446 g/mol. The molecule has 0 radical (unpaired) electrons. The minimum absolute atomic E-state index is 0.259. The van der Waals surface area contributed by atoms with E-state index in [1.807, 2.05) is 13.0 Å². The summed E-state index contributed by atoms with van der Waals surface area (Å²) in [4.78, 5) is 42.0. The number of aromatic nitrogens is 2. The average Bonchev–Trinajstić information content (AvgIpc) is 2.73. The summed E-state index contributed by atoms with van der Waals surface area (Å²) >= 11 is 7.11. The Morgan fingerprint density at radius 3 is 2.73 bits per heavy atom. The zero-order valence-electron chi connectivity index (χ0n) is 16.6. The molecule has 3 aromatic rings. The van der Waals surface area contributed by atoms with Crippen molar-refractivity contribution in [2.24, 2.45) is 0 Å². The minimum Gasteiger partial charge on any atom is -0.468 e. The molecule has 0 aliphatic heterocycles. The number of esters is 1. The summed E-state index contributed by atoms with van der Waals surface area (Å²) < 4.78 is 5.93. The van der Waals surface area contributed by atoms with Crippen molar-refractivity contribution in [3.8, 4) is 0 Å². The van der Waals surface area contributed by atoms with Crippen molar-refractivity contribution in [1.82, 2.24) is 9.55 Å². The van der Waals surface area contributed by atoms with Gasteiger partial charge >= 0.3 is 5.97 Å². The van der Waals surface area contributed by atoms with Gasteiger partial charge in [-0.3, -0.25) is 19.0 Å². The van der Waals surface area contributed by atoms with E-state index in [0.717, 1.165) is 17.3 Å². The largest absolute Gasteiger partial charge is 0.468 e. The summed E-state index contributed by atoms with van der Waals surface area (Å²) in [5, 5.41) is 3.40. The number of anilines is 1. The van der Waals surface area contributed by atoms with E-state index >= 15 is 0 Å². The molecule has 30 heavy (non-hydrogen) atoms. The fourth-order valence-electron chi connectivity index (χ4n) is 2.75. The first-order valence-corrected chi connectivity index (χ1v) is 10.4. The van der Waals surface area contributed by atoms with Crippen LogP contribution in [0.3, 0.4) is 0 Å². The minimum atomic E-state index is -0.597. The number of thioether (sulfide) groups is 1. The highest BCUT2D eigenvalue weighted by Crippen LogP contribution is 2.25. The maximum Gasteiger partial charge on any atom is 0.325 e. The van der Waals surface area contributed by atoms with Gasteiger partial charge in [-0.25, -0.2) is 4.98 Å². The Bertz CT molecular complexity index is 1180. The molecule has 0 saturated carbocycles. The van der Waals surface area contributed by atoms with Crippen molar-refractivity contribution in [1.29, 1.82) is 0 Å². The molecule has 0 spiro atoms. The van der Waals surface area contributed by atoms with E-state index in [0.29, 0.717) is 21.6 Å². The number of carbonyl (C=O) groups excluding carboxylic acids is 2. The number of ether oxygens (including phenoxy) is 1. The Hall–Kier alpha value is -2.84. The van der Waals surface area contributed by atoms with Gasteiger partial charge in [-0.1, -0.05) is 41.6 Å². The lowest BCUT2D eigenvalue weighted by Crippen LogP contribution is -2.29. The van der Waals surface area contributed by atoms with Crippen molar-refractivity contribution in [3.05, 3.63) is 63.4 Å². The first-order valence-electron chi connectivity index (χ1n) is 9.10. The third-order valence-electron chi connectivity index (χ3n) is 4.45. The normalized spacial score (nSPS) is 11.9. The van der Waals surface area contributed by atoms with Crippen LogP contribution in [0.2, 0.25) is 5.02 Å². The summed E-state index contributed by atoms with van der Waals surface area (Å²) in [6.07, 6.45) is 0. The molecular formula is C21H20ClN3O4S. The number of fused-ring (bicyclic) bond motifs is 1. The number of halogens is 1. The van der Waals surface area contributed by atoms with Crippen LogP contribution >= 0.6 is 23.4 Å². The van der Waals surface area contributed by atoms with Crippen LogP contribution in [-0.4, -0.2) is 33.8 Å². The van der Waals surface area contributed by atoms with Crippen molar-refractivity contribution >= 4 is 51.8 Å². The predicted molar refractivity (Wildman–Crippen MR) is 118 cm³/mol. The maximum atomic E-state index is 12.9. The van der Waals surface area contributed by atoms with Crippen LogP contribution in [0.1, 0.15) is 12.5 Å². The SMILES string of the molecule is COC(=O)Cn1c(S[C@@H](C)C(=O)Nc2cc(Cl)ccc2C)nc2ccccc2c1=O. The van der Waals surface area contributed by atoms with E-state index in [9.17, 15) is 14.4 Å². The summed E-state index contributed by atoms with van der Waals surface area (Å²) in [6.45, 7) is 3.27. The highest BCUT2D eigenvalue weighted by molar-refractivity contribution is 8.00. The van der Waals surface area contributed by atoms with Crippen LogP contribution < -0.4 is 10.9 Å². The second-order valence-electron chi connectivity index (χ2n) is 6.59. The van der Waals surface area contributed by atoms with Gasteiger partial charge in [0.25, 0.3) is 5.56 Å². The highest BCUT2D eigenvalue weighted by Gasteiger charge is 2.21. The monoisotopic (exact) mass is 445 g/mol. The van der Waals surface area contributed by atoms with Crippen LogP contribution in [0, 0.1) is 6.92 Å². The fourth-order valence-corrected chi connectivity index (χ4v) is 3.83. The summed E-state index contributed by atoms with van der Waals surface area (Å²) in [7, 11) is 1.25. The Morgan fingerprint density at radius 1 is 1.27 bits per heavy atom. The number of benzene rings is 2. The van der Waals surface area contributed by atoms with E-state index in [1.165, 1.54) is 11.7 Å². The van der Waals surface area contributed by atoms with Gasteiger partial charge in [0.15, 0.2) is 5.16 Å². The molecule has 0 saturated heterocycles. The van der Waals surface area contributed by atoms with E-state index in [-0.39, 0.29) is 23.2 Å². The summed E-state index contributed by atoms with van der Waals surface area (Å²) in [5.74, 6) is -0.861. The zero-order chi connectivity index (χ0) is 21.8. The Balaban J connectivity index is 1.92. The number of hydrogen-bond donors (Lipinski definition) is 1. The van der Waals surface area contributed by atoms with E-state index in [4.69, 9.17) is 16.3 Å². The van der Waals surface area contributed by atoms with Gasteiger partial charge in [-0.05, 0) is 43.7 Å². The zero-order valence-corrected chi connectivity index (χ0v) is 18.2. The van der Waals surface area contributed by atoms with E-state index in [1.54, 1.807) is 43.3 Å². The van der Waals surface area contributed by atoms with Gasteiger partial charge in [0.05, 0.1) is 23.3 Å². The number of amides is 1. The molecule has 0 unspecified atom stereocenters. The highest BCUT2D eigenvalue weighted by atomic mass is 35.5. The summed E-state index contributed by atoms with van der Waals surface area (Å²) in [6, 6.07) is 12.1. The third kappa shape index (κ3) is 4.83. The van der Waals surface area contributed by atoms with Crippen LogP contribution in [-0.2, 0) is 20.9 Å². The lowest BCUT2D eigenvalue weighted by molar-refractivity contribution is -0.141. The lowest BCUT2D eigenvalue weighted by Gasteiger charge is -2.16. The molecule has 1 amide bonds. The number of rotatable bonds is 6. The third-order valence-corrected chi connectivity index (χ3v) is 5.78. The first-order chi connectivity index (χ1) is 14.3. The number of nitrogens with zero attached hydrogens (tertiary/aromatic N) is 2. The van der Waals surface area contributed by atoms with Gasteiger partial charge < -0.3 is 10.1 Å². The van der Waals surface area contributed by atoms with Gasteiger partial charge in [0, 0.05) is 10.7 Å². The number of para-hydroxylation sites is 1. The molecule has 7 nitrogen and oxygen atoms in total. The van der Waals surface area contributed by atoms with Gasteiger partial charge in [-0.2, -0.15) is 0 Å². The maximum absolute atomic E-state index is 12.9. The van der Waals surface area contributed by atoms with E-state index in [2.05, 4.69) is 10.3 Å². The van der Waals surface area contributed by atoms with Crippen LogP contribution in [0.4, 0.5) is 5.69 Å². The van der Waals surface area contributed by atoms with Crippen LogP contribution in [0.15, 0.2) is 52.4 Å². The molecule has 0 bridgehead atoms. The molecule has 1 heterocycles. The van der Waals surface area contributed by atoms with Crippen LogP contribution in [0.5, 0.6) is 0 Å². The van der Waals surface area contributed by atoms with Gasteiger partial charge in [0.1, 0.15) is 6.54 Å². The van der Waals surface area contributed by atoms with Crippen molar-refractivity contribution in [3.63, 3.8) is 0 Å². The van der Waals surface area contributed by atoms with Gasteiger partial charge in [-0.15, -0.1) is 0 Å². The molecule has 1 aromatic heterocycles. The second kappa shape index (κ2) is 9.32. The smallest absolute Gasteiger partial charge is 0.325 e. The second-order valence-corrected chi connectivity index (χ2v) is 8.33. The molecule has 156 valence electrons. The molecule has 9 heteroatoms. The first kappa shape index (κ1) is 21.9. The Labute approximate surface area is 182 Å². The quantitative estimate of drug-likeness (QED) is 0.354. The van der Waals surface area contributed by atoms with Crippen molar-refractivity contribution < 1.29 is 14.3 Å². The lowest BCUT2D eigenvalue weighted by atomic mass is 10.2. The molecule has 3 rings (SSSR count). The Kier molecular flexibility index (Phi) is 6.79. The molecular weight excluding hydrogens is 426 g/mol. The van der Waals surface area contributed by atoms with Crippen LogP contribution in [0.25, 0.3) is 10.9 Å². The number of carbonyl (C=O) groups is 2. The molecule has 0 aliphatic carbocycles. The van der Waals surface area contributed by atoms with E-state index < -0.39 is 11.2 Å². The number of aryl methyl sites for hydroxylation is 1. The fraction of sp³-hybridized carbons (Fsp3) is 0.238.